The summed E-state index contributed by atoms with van der Waals surface area (Å²) < 4.78 is 5.87. The number of para-hydroxylation sites is 2. The molecular formula is C20H22N2O3S. The lowest BCUT2D eigenvalue weighted by Gasteiger charge is -2.34. The van der Waals surface area contributed by atoms with E-state index in [1.54, 1.807) is 16.2 Å². The molecule has 2 amide bonds. The number of rotatable bonds is 4. The summed E-state index contributed by atoms with van der Waals surface area (Å²) in [6, 6.07) is 9.44. The van der Waals surface area contributed by atoms with Gasteiger partial charge in [0.1, 0.15) is 5.75 Å². The second-order valence-electron chi connectivity index (χ2n) is 6.69. The molecule has 26 heavy (non-hydrogen) atoms. The van der Waals surface area contributed by atoms with Crippen LogP contribution in [0.25, 0.3) is 0 Å². The van der Waals surface area contributed by atoms with Gasteiger partial charge in [-0.05, 0) is 49.4 Å². The van der Waals surface area contributed by atoms with Crippen LogP contribution in [0.15, 0.2) is 30.3 Å². The van der Waals surface area contributed by atoms with E-state index in [4.69, 9.17) is 4.74 Å². The zero-order valence-corrected chi connectivity index (χ0v) is 15.6. The van der Waals surface area contributed by atoms with Gasteiger partial charge in [0, 0.05) is 11.4 Å². The van der Waals surface area contributed by atoms with Gasteiger partial charge in [-0.25, -0.2) is 0 Å². The number of anilines is 1. The summed E-state index contributed by atoms with van der Waals surface area (Å²) in [6.45, 7) is 2.84. The Bertz CT molecular complexity index is 824. The van der Waals surface area contributed by atoms with Gasteiger partial charge < -0.3 is 10.1 Å². The Morgan fingerprint density at radius 2 is 2.15 bits per heavy atom. The van der Waals surface area contributed by atoms with Crippen molar-refractivity contribution in [2.24, 2.45) is 0 Å². The summed E-state index contributed by atoms with van der Waals surface area (Å²) >= 11 is 1.59. The number of nitrogens with one attached hydrogen (secondary N) is 1. The first kappa shape index (κ1) is 17.1. The monoisotopic (exact) mass is 370 g/mol. The van der Waals surface area contributed by atoms with Crippen molar-refractivity contribution in [2.75, 3.05) is 18.0 Å². The van der Waals surface area contributed by atoms with E-state index in [1.807, 2.05) is 37.3 Å². The predicted octanol–water partition coefficient (Wildman–Crippen LogP) is 3.17. The molecule has 0 spiro atoms. The van der Waals surface area contributed by atoms with Gasteiger partial charge >= 0.3 is 0 Å². The van der Waals surface area contributed by atoms with Crippen molar-refractivity contribution in [2.45, 2.75) is 38.7 Å². The molecule has 2 aromatic rings. The van der Waals surface area contributed by atoms with Crippen LogP contribution in [0.2, 0.25) is 0 Å². The molecule has 1 unspecified atom stereocenters. The molecule has 136 valence electrons. The van der Waals surface area contributed by atoms with Crippen molar-refractivity contribution in [1.29, 1.82) is 0 Å². The first-order chi connectivity index (χ1) is 12.7. The number of carbonyl (C=O) groups excluding carboxylic acids is 2. The van der Waals surface area contributed by atoms with E-state index < -0.39 is 6.10 Å². The number of ether oxygens (including phenoxy) is 1. The van der Waals surface area contributed by atoms with Crippen molar-refractivity contribution >= 4 is 28.8 Å². The van der Waals surface area contributed by atoms with Crippen molar-refractivity contribution in [1.82, 2.24) is 5.32 Å². The Morgan fingerprint density at radius 3 is 2.96 bits per heavy atom. The number of amides is 2. The van der Waals surface area contributed by atoms with Gasteiger partial charge in [0.2, 0.25) is 0 Å². The van der Waals surface area contributed by atoms with Crippen LogP contribution in [0.4, 0.5) is 5.69 Å². The fourth-order valence-corrected chi connectivity index (χ4v) is 4.70. The zero-order chi connectivity index (χ0) is 18.1. The van der Waals surface area contributed by atoms with Gasteiger partial charge in [0.25, 0.3) is 11.8 Å². The van der Waals surface area contributed by atoms with Gasteiger partial charge in [-0.3, -0.25) is 14.5 Å². The lowest BCUT2D eigenvalue weighted by molar-refractivity contribution is -0.127. The normalized spacial score (nSPS) is 18.0. The average Bonchev–Trinajstić information content (AvgIpc) is 3.26. The van der Waals surface area contributed by atoms with Crippen LogP contribution >= 0.6 is 11.3 Å². The number of hydrogen-bond donors (Lipinski definition) is 1. The van der Waals surface area contributed by atoms with Crippen molar-refractivity contribution in [3.8, 4) is 5.75 Å². The molecule has 1 aliphatic heterocycles. The van der Waals surface area contributed by atoms with E-state index >= 15 is 0 Å². The molecule has 1 aromatic carbocycles. The van der Waals surface area contributed by atoms with Crippen molar-refractivity contribution < 1.29 is 14.3 Å². The lowest BCUT2D eigenvalue weighted by Crippen LogP contribution is -2.50. The maximum atomic E-state index is 13.2. The van der Waals surface area contributed by atoms with Crippen LogP contribution in [0.5, 0.6) is 5.75 Å². The molecule has 0 bridgehead atoms. The van der Waals surface area contributed by atoms with Crippen LogP contribution in [-0.4, -0.2) is 31.0 Å². The molecule has 2 heterocycles. The molecule has 0 radical (unpaired) electrons. The summed E-state index contributed by atoms with van der Waals surface area (Å²) in [5.41, 5.74) is 2.03. The number of carbonyl (C=O) groups is 2. The smallest absolute Gasteiger partial charge is 0.268 e. The molecule has 1 aliphatic carbocycles. The van der Waals surface area contributed by atoms with Gasteiger partial charge in [0.05, 0.1) is 17.1 Å². The maximum absolute atomic E-state index is 13.2. The van der Waals surface area contributed by atoms with E-state index in [1.165, 1.54) is 16.9 Å². The highest BCUT2D eigenvalue weighted by Gasteiger charge is 2.35. The van der Waals surface area contributed by atoms with E-state index in [-0.39, 0.29) is 18.4 Å². The van der Waals surface area contributed by atoms with E-state index in [9.17, 15) is 9.59 Å². The standard InChI is InChI=1S/C20H22N2O3S/c1-2-10-21-19(23)16-12-22(14-7-3-4-8-15(14)25-16)20(24)18-11-13-6-5-9-17(13)26-18/h3-4,7-8,11,16H,2,5-6,9-10,12H2,1H3,(H,21,23). The Balaban J connectivity index is 1.62. The highest BCUT2D eigenvalue weighted by Crippen LogP contribution is 2.36. The molecule has 6 heteroatoms. The summed E-state index contributed by atoms with van der Waals surface area (Å²) in [5, 5.41) is 2.86. The SMILES string of the molecule is CCCNC(=O)C1CN(C(=O)c2cc3c(s2)CCC3)c2ccccc2O1. The number of aryl methyl sites for hydroxylation is 2. The fraction of sp³-hybridized carbons (Fsp3) is 0.400. The second-order valence-corrected chi connectivity index (χ2v) is 7.83. The van der Waals surface area contributed by atoms with E-state index in [0.717, 1.165) is 29.8 Å². The quantitative estimate of drug-likeness (QED) is 0.899. The third-order valence-electron chi connectivity index (χ3n) is 4.82. The number of nitrogens with zero attached hydrogens (tertiary/aromatic N) is 1. The predicted molar refractivity (Wildman–Crippen MR) is 102 cm³/mol. The molecule has 2 aliphatic rings. The molecule has 5 nitrogen and oxygen atoms in total. The Labute approximate surface area is 157 Å². The summed E-state index contributed by atoms with van der Waals surface area (Å²) in [5.74, 6) is 0.356. The van der Waals surface area contributed by atoms with E-state index in [0.29, 0.717) is 12.3 Å². The number of hydrogen-bond acceptors (Lipinski definition) is 4. The number of thiophene rings is 1. The molecular weight excluding hydrogens is 348 g/mol. The maximum Gasteiger partial charge on any atom is 0.268 e. The number of benzene rings is 1. The number of fused-ring (bicyclic) bond motifs is 2. The van der Waals surface area contributed by atoms with E-state index in [2.05, 4.69) is 5.32 Å². The fourth-order valence-electron chi connectivity index (χ4n) is 3.49. The van der Waals surface area contributed by atoms with Crippen LogP contribution in [0, 0.1) is 0 Å². The highest BCUT2D eigenvalue weighted by atomic mass is 32.1. The summed E-state index contributed by atoms with van der Waals surface area (Å²) in [7, 11) is 0. The van der Waals surface area contributed by atoms with Gasteiger partial charge in [-0.2, -0.15) is 0 Å². The Kier molecular flexibility index (Phi) is 4.68. The third-order valence-corrected chi connectivity index (χ3v) is 6.04. The van der Waals surface area contributed by atoms with Crippen LogP contribution in [0.1, 0.15) is 39.9 Å². The molecule has 4 rings (SSSR count). The average molecular weight is 370 g/mol. The Morgan fingerprint density at radius 1 is 1.31 bits per heavy atom. The highest BCUT2D eigenvalue weighted by molar-refractivity contribution is 7.14. The minimum Gasteiger partial charge on any atom is -0.477 e. The van der Waals surface area contributed by atoms with Gasteiger partial charge in [0.15, 0.2) is 6.10 Å². The second kappa shape index (κ2) is 7.11. The summed E-state index contributed by atoms with van der Waals surface area (Å²) in [4.78, 5) is 29.4. The zero-order valence-electron chi connectivity index (χ0n) is 14.8. The topological polar surface area (TPSA) is 58.6 Å². The molecule has 1 aromatic heterocycles. The van der Waals surface area contributed by atoms with Crippen LogP contribution in [-0.2, 0) is 17.6 Å². The molecule has 0 saturated heterocycles. The summed E-state index contributed by atoms with van der Waals surface area (Å²) in [6.07, 6.45) is 3.47. The minimum absolute atomic E-state index is 0.0477. The van der Waals surface area contributed by atoms with Crippen LogP contribution in [0.3, 0.4) is 0 Å². The van der Waals surface area contributed by atoms with Crippen molar-refractivity contribution in [3.63, 3.8) is 0 Å². The molecule has 1 N–H and O–H groups in total. The lowest BCUT2D eigenvalue weighted by atomic mass is 10.1. The minimum atomic E-state index is -0.688. The van der Waals surface area contributed by atoms with Crippen molar-refractivity contribution in [3.05, 3.63) is 45.6 Å². The molecule has 0 fully saturated rings. The Hall–Kier alpha value is -2.34. The first-order valence-electron chi connectivity index (χ1n) is 9.14. The first-order valence-corrected chi connectivity index (χ1v) is 9.96. The molecule has 1 atom stereocenters. The van der Waals surface area contributed by atoms with Gasteiger partial charge in [-0.1, -0.05) is 19.1 Å². The third kappa shape index (κ3) is 3.09. The van der Waals surface area contributed by atoms with Gasteiger partial charge in [-0.15, -0.1) is 11.3 Å². The van der Waals surface area contributed by atoms with Crippen LogP contribution < -0.4 is 15.0 Å². The largest absolute Gasteiger partial charge is 0.477 e. The molecule has 0 saturated carbocycles.